The van der Waals surface area contributed by atoms with Gasteiger partial charge in [0.15, 0.2) is 0 Å². The van der Waals surface area contributed by atoms with Gasteiger partial charge < -0.3 is 14.6 Å². The summed E-state index contributed by atoms with van der Waals surface area (Å²) >= 11 is 0. The Balaban J connectivity index is 1.23. The first-order chi connectivity index (χ1) is 24.2. The van der Waals surface area contributed by atoms with Crippen molar-refractivity contribution >= 4 is 29.4 Å². The van der Waals surface area contributed by atoms with Crippen LogP contribution in [-0.2, 0) is 6.42 Å². The lowest BCUT2D eigenvalue weighted by Gasteiger charge is -2.29. The number of hydrogen-bond donors (Lipinski definition) is 3. The summed E-state index contributed by atoms with van der Waals surface area (Å²) in [4.78, 5) is 82.9. The van der Waals surface area contributed by atoms with Crippen LogP contribution in [0.25, 0.3) is 12.2 Å². The summed E-state index contributed by atoms with van der Waals surface area (Å²) in [5.74, 6) is -2.49. The Morgan fingerprint density at radius 2 is 1.65 bits per heavy atom. The molecule has 1 amide bonds. The zero-order chi connectivity index (χ0) is 37.0. The molecule has 1 aliphatic carbocycles. The molecule has 268 valence electrons. The number of fused-ring (bicyclic) bond motifs is 1. The van der Waals surface area contributed by atoms with E-state index in [-0.39, 0.29) is 59.6 Å². The van der Waals surface area contributed by atoms with Gasteiger partial charge in [0, 0.05) is 36.0 Å². The van der Waals surface area contributed by atoms with Crippen LogP contribution < -0.4 is 36.8 Å². The highest BCUT2D eigenvalue weighted by atomic mass is 19.1. The number of carbonyl (C=O) groups is 1. The molecule has 51 heavy (non-hydrogen) atoms. The van der Waals surface area contributed by atoms with E-state index in [4.69, 9.17) is 9.68 Å². The summed E-state index contributed by atoms with van der Waals surface area (Å²) in [5.41, 5.74) is 2.68. The Morgan fingerprint density at radius 3 is 2.27 bits per heavy atom. The van der Waals surface area contributed by atoms with Gasteiger partial charge in [0.05, 0.1) is 69.3 Å². The van der Waals surface area contributed by atoms with Crippen molar-refractivity contribution in [1.29, 1.82) is 0 Å². The van der Waals surface area contributed by atoms with Crippen molar-refractivity contribution in [2.24, 2.45) is 5.92 Å². The van der Waals surface area contributed by atoms with Gasteiger partial charge in [-0.1, -0.05) is 25.1 Å². The van der Waals surface area contributed by atoms with E-state index in [0.717, 1.165) is 22.5 Å². The third-order valence-corrected chi connectivity index (χ3v) is 7.98. The number of nitroso groups, excluding NO2 is 2. The molecule has 1 atom stereocenters. The average Bonchev–Trinajstić information content (AvgIpc) is 3.10. The number of rotatable bonds is 13. The minimum atomic E-state index is -0.989. The van der Waals surface area contributed by atoms with Crippen LogP contribution in [0.1, 0.15) is 35.0 Å². The number of carbonyl (C=O) groups excluding carboxylic acids is 1. The Labute approximate surface area is 285 Å². The van der Waals surface area contributed by atoms with E-state index in [1.54, 1.807) is 0 Å². The van der Waals surface area contributed by atoms with Gasteiger partial charge >= 0.3 is 11.4 Å². The van der Waals surface area contributed by atoms with Crippen LogP contribution in [0.2, 0.25) is 0 Å². The first kappa shape index (κ1) is 35.6. The SMILES string of the molecule is CC1C=c2c(=O)[nH]nc(Cc3ccc(F)c(C(=O)N4CCN([N+](=O)NOc5cc(ON[N+](=O)N(C)C)c([N+](=O)[O-])cc5[N+](=O)[O-])CC4)c3)c2=CC1. The number of nitrogens with one attached hydrogen (secondary N) is 3. The van der Waals surface area contributed by atoms with Gasteiger partial charge in [-0.05, 0) is 30.0 Å². The van der Waals surface area contributed by atoms with Crippen molar-refractivity contribution in [1.82, 2.24) is 36.3 Å². The molecule has 21 nitrogen and oxygen atoms in total. The van der Waals surface area contributed by atoms with Gasteiger partial charge in [0.25, 0.3) is 21.4 Å². The van der Waals surface area contributed by atoms with Crippen molar-refractivity contribution in [2.75, 3.05) is 40.3 Å². The molecule has 22 heteroatoms. The van der Waals surface area contributed by atoms with E-state index in [9.17, 15) is 44.0 Å². The maximum Gasteiger partial charge on any atom is 0.321 e. The smallest absolute Gasteiger partial charge is 0.321 e. The van der Waals surface area contributed by atoms with Gasteiger partial charge in [-0.25, -0.2) is 9.49 Å². The maximum absolute atomic E-state index is 14.9. The fourth-order valence-electron chi connectivity index (χ4n) is 5.29. The summed E-state index contributed by atoms with van der Waals surface area (Å²) in [5, 5.41) is 33.1. The second-order valence-electron chi connectivity index (χ2n) is 11.7. The molecule has 0 bridgehead atoms. The van der Waals surface area contributed by atoms with Gasteiger partial charge in [-0.15, -0.1) is 10.0 Å². The Bertz CT molecular complexity index is 2100. The summed E-state index contributed by atoms with van der Waals surface area (Å²) < 4.78 is 14.9. The standard InChI is InChI=1S/C29H31FN11O10/c1-17-4-6-19-20(12-17)28(42)32-31-23(19)14-18-5-7-22(30)21(13-18)29(43)36-8-10-37(11-9-36)41(49)34-51-27-16-26(50-33-40(48)35(2)3)24(38(44)45)15-25(27)39(46)47/h5-7,12-13,15-17H,4,8-11,14H2,1-3H3,(H2-,32,33,34,42,48,49)/q+1/p+1. The van der Waals surface area contributed by atoms with Crippen LogP contribution in [0.5, 0.6) is 11.5 Å². The van der Waals surface area contributed by atoms with Crippen molar-refractivity contribution in [3.8, 4) is 11.5 Å². The molecule has 1 fully saturated rings. The van der Waals surface area contributed by atoms with Crippen LogP contribution >= 0.6 is 0 Å². The number of benzene rings is 2. The normalized spacial score (nSPS) is 15.0. The number of hydrogen-bond acceptors (Lipinski definition) is 11. The molecule has 3 N–H and O–H groups in total. The molecular weight excluding hydrogens is 681 g/mol. The first-order valence-corrected chi connectivity index (χ1v) is 15.3. The van der Waals surface area contributed by atoms with Crippen molar-refractivity contribution in [3.05, 3.63) is 104 Å². The highest BCUT2D eigenvalue weighted by molar-refractivity contribution is 5.94. The molecule has 1 aromatic heterocycles. The summed E-state index contributed by atoms with van der Waals surface area (Å²) in [6.45, 7) is 1.85. The van der Waals surface area contributed by atoms with Crippen LogP contribution in [0.3, 0.4) is 0 Å². The number of halogens is 1. The topological polar surface area (TPSA) is 241 Å². The number of nitro groups is 2. The van der Waals surface area contributed by atoms with E-state index in [1.807, 2.05) is 30.3 Å². The summed E-state index contributed by atoms with van der Waals surface area (Å²) in [7, 11) is 2.67. The summed E-state index contributed by atoms with van der Waals surface area (Å²) in [6.07, 6.45) is 4.78. The third kappa shape index (κ3) is 7.95. The van der Waals surface area contributed by atoms with Crippen LogP contribution in [-0.4, -0.2) is 91.1 Å². The van der Waals surface area contributed by atoms with Crippen LogP contribution in [0, 0.1) is 41.8 Å². The average molecular weight is 714 g/mol. The van der Waals surface area contributed by atoms with E-state index in [1.165, 1.54) is 37.2 Å². The second-order valence-corrected chi connectivity index (χ2v) is 11.7. The molecule has 2 aliphatic rings. The lowest BCUT2D eigenvalue weighted by atomic mass is 9.97. The summed E-state index contributed by atoms with van der Waals surface area (Å²) in [6, 6.07) is 5.38. The number of H-pyrrole nitrogens is 1. The highest BCUT2D eigenvalue weighted by Gasteiger charge is 2.34. The molecule has 2 heterocycles. The molecule has 1 aliphatic heterocycles. The number of aromatic nitrogens is 2. The molecule has 2 aromatic carbocycles. The lowest BCUT2D eigenvalue weighted by molar-refractivity contribution is -0.782. The van der Waals surface area contributed by atoms with Gasteiger partial charge in [-0.2, -0.15) is 5.10 Å². The molecule has 1 unspecified atom stereocenters. The zero-order valence-electron chi connectivity index (χ0n) is 27.4. The molecule has 0 spiro atoms. The molecule has 1 saturated heterocycles. The predicted molar refractivity (Wildman–Crippen MR) is 172 cm³/mol. The first-order valence-electron chi connectivity index (χ1n) is 15.3. The number of piperazine rings is 1. The minimum Gasteiger partial charge on any atom is -0.335 e. The fourth-order valence-corrected chi connectivity index (χ4v) is 5.29. The van der Waals surface area contributed by atoms with Gasteiger partial charge in [-0.3, -0.25) is 29.8 Å². The predicted octanol–water partition coefficient (Wildman–Crippen LogP) is -0.0788. The number of aromatic amines is 1. The maximum atomic E-state index is 14.9. The monoisotopic (exact) mass is 713 g/mol. The Morgan fingerprint density at radius 1 is 1.00 bits per heavy atom. The Hall–Kier alpha value is -6.74. The fraction of sp³-hybridized carbons (Fsp3) is 0.345. The number of hydrazine groups is 4. The second kappa shape index (κ2) is 14.8. The van der Waals surface area contributed by atoms with E-state index >= 15 is 0 Å². The minimum absolute atomic E-state index is 0.0141. The quantitative estimate of drug-likeness (QED) is 0.119. The number of nitrogens with zero attached hydrogens (tertiary/aromatic N) is 8. The zero-order valence-corrected chi connectivity index (χ0v) is 27.4. The van der Waals surface area contributed by atoms with Gasteiger partial charge in [0.1, 0.15) is 11.9 Å². The van der Waals surface area contributed by atoms with Crippen molar-refractivity contribution in [2.45, 2.75) is 19.8 Å². The third-order valence-electron chi connectivity index (χ3n) is 7.98. The van der Waals surface area contributed by atoms with E-state index in [2.05, 4.69) is 10.2 Å². The highest BCUT2D eigenvalue weighted by Crippen LogP contribution is 2.38. The van der Waals surface area contributed by atoms with Crippen molar-refractivity contribution < 1.29 is 38.7 Å². The van der Waals surface area contributed by atoms with E-state index < -0.39 is 44.4 Å². The Kier molecular flexibility index (Phi) is 10.3. The van der Waals surface area contributed by atoms with E-state index in [0.29, 0.717) is 27.8 Å². The number of nitro benzene ring substituents is 2. The molecule has 0 saturated carbocycles. The number of amides is 1. The van der Waals surface area contributed by atoms with Crippen molar-refractivity contribution in [3.63, 3.8) is 0 Å². The largest absolute Gasteiger partial charge is 0.335 e. The molecule has 0 radical (unpaired) electrons. The molecule has 3 aromatic rings. The molecular formula is C29H32FN11O10+2. The molecule has 5 rings (SSSR count). The lowest BCUT2D eigenvalue weighted by Crippen LogP contribution is -2.54. The van der Waals surface area contributed by atoms with Gasteiger partial charge in [0.2, 0.25) is 11.5 Å². The van der Waals surface area contributed by atoms with Crippen LogP contribution in [0.15, 0.2) is 35.1 Å². The van der Waals surface area contributed by atoms with Crippen LogP contribution in [0.4, 0.5) is 15.8 Å².